The topological polar surface area (TPSA) is 51.9 Å². The van der Waals surface area contributed by atoms with Crippen molar-refractivity contribution in [2.45, 2.75) is 33.4 Å². The van der Waals surface area contributed by atoms with Gasteiger partial charge < -0.3 is 4.98 Å². The molecule has 2 N–H and O–H groups in total. The fourth-order valence-corrected chi connectivity index (χ4v) is 3.19. The number of nitrogens with one attached hydrogen (secondary N) is 2. The van der Waals surface area contributed by atoms with Gasteiger partial charge in [0.1, 0.15) is 0 Å². The molecule has 0 saturated heterocycles. The third-order valence-electron chi connectivity index (χ3n) is 4.22. The van der Waals surface area contributed by atoms with E-state index in [-0.39, 0.29) is 5.56 Å². The highest BCUT2D eigenvalue weighted by Gasteiger charge is 2.20. The predicted molar refractivity (Wildman–Crippen MR) is 86.0 cm³/mol. The molecule has 2 heterocycles. The molecule has 0 radical (unpaired) electrons. The van der Waals surface area contributed by atoms with Crippen LogP contribution in [0.15, 0.2) is 23.0 Å². The fourth-order valence-electron chi connectivity index (χ4n) is 2.97. The van der Waals surface area contributed by atoms with Gasteiger partial charge in [0.05, 0.1) is 5.56 Å². The molecule has 1 aliphatic heterocycles. The summed E-state index contributed by atoms with van der Waals surface area (Å²) in [5, 5.41) is 0. The third kappa shape index (κ3) is 2.84. The van der Waals surface area contributed by atoms with Gasteiger partial charge in [-0.1, -0.05) is 18.2 Å². The van der Waals surface area contributed by atoms with Crippen molar-refractivity contribution >= 4 is 12.2 Å². The van der Waals surface area contributed by atoms with Crippen LogP contribution in [0, 0.1) is 18.6 Å². The van der Waals surface area contributed by atoms with Crippen LogP contribution in [0.2, 0.25) is 0 Å². The summed E-state index contributed by atoms with van der Waals surface area (Å²) in [5.41, 5.74) is 5.73. The minimum Gasteiger partial charge on any atom is -0.335 e. The number of fused-ring (bicyclic) bond motifs is 1. The average Bonchev–Trinajstić information content (AvgIpc) is 2.43. The first-order chi connectivity index (χ1) is 10.0. The van der Waals surface area contributed by atoms with Gasteiger partial charge in [0.25, 0.3) is 5.56 Å². The molecule has 0 saturated carbocycles. The predicted octanol–water partition coefficient (Wildman–Crippen LogP) is 2.61. The maximum atomic E-state index is 12.0. The highest BCUT2D eigenvalue weighted by Crippen LogP contribution is 2.20. The van der Waals surface area contributed by atoms with Crippen molar-refractivity contribution in [1.82, 2.24) is 14.9 Å². The van der Waals surface area contributed by atoms with E-state index in [0.717, 1.165) is 30.8 Å². The van der Waals surface area contributed by atoms with Crippen molar-refractivity contribution in [3.05, 3.63) is 61.3 Å². The molecule has 0 aliphatic carbocycles. The quantitative estimate of drug-likeness (QED) is 0.838. The normalized spacial score (nSPS) is 15.0. The minimum atomic E-state index is -0.0556. The molecular formula is C16H19N3OS. The zero-order valence-corrected chi connectivity index (χ0v) is 13.1. The summed E-state index contributed by atoms with van der Waals surface area (Å²) >= 11 is 5.03. The molecule has 1 aromatic carbocycles. The van der Waals surface area contributed by atoms with Gasteiger partial charge in [-0.3, -0.25) is 14.7 Å². The number of hydrogen-bond acceptors (Lipinski definition) is 3. The molecule has 0 fully saturated rings. The summed E-state index contributed by atoms with van der Waals surface area (Å²) in [6.07, 6.45) is 0.841. The molecule has 110 valence electrons. The molecular weight excluding hydrogens is 282 g/mol. The van der Waals surface area contributed by atoms with E-state index in [1.54, 1.807) is 0 Å². The van der Waals surface area contributed by atoms with Gasteiger partial charge in [0, 0.05) is 31.7 Å². The second kappa shape index (κ2) is 5.58. The van der Waals surface area contributed by atoms with Gasteiger partial charge >= 0.3 is 0 Å². The first kappa shape index (κ1) is 14.2. The number of aromatic amines is 2. The maximum Gasteiger partial charge on any atom is 0.256 e. The Morgan fingerprint density at radius 1 is 1.24 bits per heavy atom. The summed E-state index contributed by atoms with van der Waals surface area (Å²) in [6, 6.07) is 6.37. The van der Waals surface area contributed by atoms with Gasteiger partial charge in [-0.15, -0.1) is 0 Å². The maximum absolute atomic E-state index is 12.0. The Hall–Kier alpha value is -1.72. The van der Waals surface area contributed by atoms with E-state index in [4.69, 9.17) is 12.2 Å². The van der Waals surface area contributed by atoms with Crippen molar-refractivity contribution in [3.63, 3.8) is 0 Å². The van der Waals surface area contributed by atoms with Crippen molar-refractivity contribution in [3.8, 4) is 0 Å². The van der Waals surface area contributed by atoms with E-state index < -0.39 is 0 Å². The molecule has 0 bridgehead atoms. The molecule has 0 amide bonds. The zero-order valence-electron chi connectivity index (χ0n) is 12.3. The Labute approximate surface area is 128 Å². The van der Waals surface area contributed by atoms with Crippen LogP contribution in [-0.4, -0.2) is 21.4 Å². The Morgan fingerprint density at radius 3 is 2.67 bits per heavy atom. The number of hydrogen-bond donors (Lipinski definition) is 2. The van der Waals surface area contributed by atoms with Crippen LogP contribution >= 0.6 is 12.2 Å². The van der Waals surface area contributed by atoms with E-state index in [0.29, 0.717) is 11.3 Å². The summed E-state index contributed by atoms with van der Waals surface area (Å²) < 4.78 is 0.418. The lowest BCUT2D eigenvalue weighted by Gasteiger charge is -2.28. The van der Waals surface area contributed by atoms with Gasteiger partial charge in [0.2, 0.25) is 0 Å². The average molecular weight is 301 g/mol. The lowest BCUT2D eigenvalue weighted by molar-refractivity contribution is 0.240. The van der Waals surface area contributed by atoms with Crippen LogP contribution < -0.4 is 5.56 Å². The van der Waals surface area contributed by atoms with Crippen LogP contribution in [-0.2, 0) is 19.5 Å². The summed E-state index contributed by atoms with van der Waals surface area (Å²) in [5.74, 6) is 0. The van der Waals surface area contributed by atoms with E-state index in [9.17, 15) is 4.79 Å². The monoisotopic (exact) mass is 301 g/mol. The zero-order chi connectivity index (χ0) is 15.0. The molecule has 1 aliphatic rings. The summed E-state index contributed by atoms with van der Waals surface area (Å²) in [7, 11) is 0. The number of rotatable bonds is 2. The molecule has 3 rings (SSSR count). The van der Waals surface area contributed by atoms with Crippen LogP contribution in [0.25, 0.3) is 0 Å². The first-order valence-corrected chi connectivity index (χ1v) is 7.57. The molecule has 5 heteroatoms. The molecule has 0 atom stereocenters. The molecule has 0 spiro atoms. The molecule has 1 aromatic heterocycles. The lowest BCUT2D eigenvalue weighted by atomic mass is 10.0. The van der Waals surface area contributed by atoms with Crippen LogP contribution in [0.5, 0.6) is 0 Å². The smallest absolute Gasteiger partial charge is 0.256 e. The Kier molecular flexibility index (Phi) is 3.78. The third-order valence-corrected chi connectivity index (χ3v) is 4.42. The number of H-pyrrole nitrogens is 2. The lowest BCUT2D eigenvalue weighted by Crippen LogP contribution is -2.35. The van der Waals surface area contributed by atoms with Gasteiger partial charge in [-0.05, 0) is 42.8 Å². The van der Waals surface area contributed by atoms with Gasteiger partial charge in [0.15, 0.2) is 4.77 Å². The molecule has 2 aromatic rings. The van der Waals surface area contributed by atoms with Crippen LogP contribution in [0.4, 0.5) is 0 Å². The number of nitrogens with zero attached hydrogens (tertiary/aromatic N) is 1. The van der Waals surface area contributed by atoms with Crippen molar-refractivity contribution in [2.24, 2.45) is 0 Å². The van der Waals surface area contributed by atoms with Crippen molar-refractivity contribution in [1.29, 1.82) is 0 Å². The SMILES string of the molecule is Cc1cccc(C)c1CN1CCc2[nH]c(=S)[nH]c(=O)c2C1. The highest BCUT2D eigenvalue weighted by atomic mass is 32.1. The molecule has 4 nitrogen and oxygen atoms in total. The Morgan fingerprint density at radius 2 is 1.95 bits per heavy atom. The molecule has 21 heavy (non-hydrogen) atoms. The summed E-state index contributed by atoms with van der Waals surface area (Å²) in [6.45, 7) is 6.78. The fraction of sp³-hybridized carbons (Fsp3) is 0.375. The number of aryl methyl sites for hydroxylation is 2. The number of benzene rings is 1. The van der Waals surface area contributed by atoms with E-state index in [1.807, 2.05) is 0 Å². The largest absolute Gasteiger partial charge is 0.335 e. The minimum absolute atomic E-state index is 0.0556. The van der Waals surface area contributed by atoms with E-state index >= 15 is 0 Å². The van der Waals surface area contributed by atoms with Crippen LogP contribution in [0.1, 0.15) is 27.9 Å². The van der Waals surface area contributed by atoms with E-state index in [2.05, 4.69) is 46.9 Å². The second-order valence-corrected chi connectivity index (χ2v) is 6.10. The van der Waals surface area contributed by atoms with Gasteiger partial charge in [-0.25, -0.2) is 0 Å². The van der Waals surface area contributed by atoms with Gasteiger partial charge in [-0.2, -0.15) is 0 Å². The highest BCUT2D eigenvalue weighted by molar-refractivity contribution is 7.71. The second-order valence-electron chi connectivity index (χ2n) is 5.70. The van der Waals surface area contributed by atoms with Crippen LogP contribution in [0.3, 0.4) is 0 Å². The number of aromatic nitrogens is 2. The Bertz CT molecular complexity index is 771. The first-order valence-electron chi connectivity index (χ1n) is 7.16. The molecule has 0 unspecified atom stereocenters. The standard InChI is InChI=1S/C16H19N3OS/c1-10-4-3-5-11(2)12(10)8-19-7-6-14-13(9-19)15(20)18-16(21)17-14/h3-5H,6-9H2,1-2H3,(H2,17,18,20,21). The van der Waals surface area contributed by atoms with Crippen molar-refractivity contribution < 1.29 is 0 Å². The summed E-state index contributed by atoms with van der Waals surface area (Å²) in [4.78, 5) is 20.2. The van der Waals surface area contributed by atoms with E-state index in [1.165, 1.54) is 16.7 Å². The van der Waals surface area contributed by atoms with Crippen molar-refractivity contribution in [2.75, 3.05) is 6.54 Å². The Balaban J connectivity index is 1.87.